The molecule has 0 amide bonds. The number of aromatic hydroxyl groups is 1. The van der Waals surface area contributed by atoms with Gasteiger partial charge in [-0.3, -0.25) is 0 Å². The maximum atomic E-state index is 15.5. The van der Waals surface area contributed by atoms with E-state index in [0.29, 0.717) is 18.2 Å². The third-order valence-electron chi connectivity index (χ3n) is 3.60. The fourth-order valence-electron chi connectivity index (χ4n) is 2.39. The predicted octanol–water partition coefficient (Wildman–Crippen LogP) is 3.30. The second-order valence-electron chi connectivity index (χ2n) is 5.15. The largest absolute Gasteiger partial charge is 0.508 e. The summed E-state index contributed by atoms with van der Waals surface area (Å²) in [5.41, 5.74) is -0.999. The Hall–Kier alpha value is -2.97. The van der Waals surface area contributed by atoms with Crippen LogP contribution in [0.3, 0.4) is 0 Å². The molecule has 0 saturated heterocycles. The zero-order valence-corrected chi connectivity index (χ0v) is 12.8. The van der Waals surface area contributed by atoms with E-state index in [-0.39, 0.29) is 5.75 Å². The number of carboxylic acid groups (broad SMARTS) is 1. The minimum Gasteiger partial charge on any atom is -0.508 e. The first-order valence-corrected chi connectivity index (χ1v) is 6.78. The van der Waals surface area contributed by atoms with Gasteiger partial charge < -0.3 is 20.7 Å². The van der Waals surface area contributed by atoms with Crippen LogP contribution in [0, 0.1) is 0 Å². The number of carboxylic acids is 1. The van der Waals surface area contributed by atoms with E-state index in [9.17, 15) is 28.2 Å². The third-order valence-corrected chi connectivity index (χ3v) is 3.60. The van der Waals surface area contributed by atoms with Gasteiger partial charge >= 0.3 is 12.1 Å². The number of halogens is 4. The number of phenols is 1. The Kier molecular flexibility index (Phi) is 4.52. The molecule has 25 heavy (non-hydrogen) atoms. The Morgan fingerprint density at radius 1 is 1.08 bits per heavy atom. The number of nitrogen functional groups attached to an aromatic ring is 1. The van der Waals surface area contributed by atoms with Gasteiger partial charge in [0.25, 0.3) is 5.67 Å². The number of aliphatic carboxylic acids is 1. The maximum Gasteiger partial charge on any atom is 0.416 e. The first-order chi connectivity index (χ1) is 11.5. The van der Waals surface area contributed by atoms with E-state index < -0.39 is 45.9 Å². The van der Waals surface area contributed by atoms with E-state index in [1.807, 2.05) is 0 Å². The molecule has 1 unspecified atom stereocenters. The number of alkyl halides is 4. The van der Waals surface area contributed by atoms with Crippen molar-refractivity contribution in [3.63, 3.8) is 0 Å². The van der Waals surface area contributed by atoms with Crippen LogP contribution in [0.5, 0.6) is 11.5 Å². The van der Waals surface area contributed by atoms with Gasteiger partial charge in [-0.1, -0.05) is 6.07 Å². The van der Waals surface area contributed by atoms with E-state index in [0.717, 1.165) is 25.3 Å². The summed E-state index contributed by atoms with van der Waals surface area (Å²) in [6.45, 7) is 0. The Balaban J connectivity index is 2.75. The summed E-state index contributed by atoms with van der Waals surface area (Å²) < 4.78 is 58.6. The molecule has 0 bridgehead atoms. The molecule has 9 heteroatoms. The van der Waals surface area contributed by atoms with Crippen LogP contribution in [0.2, 0.25) is 0 Å². The van der Waals surface area contributed by atoms with Crippen molar-refractivity contribution in [3.8, 4) is 11.5 Å². The molecule has 4 N–H and O–H groups in total. The molecule has 5 nitrogen and oxygen atoms in total. The first kappa shape index (κ1) is 18.4. The smallest absolute Gasteiger partial charge is 0.416 e. The number of anilines is 1. The lowest BCUT2D eigenvalue weighted by Crippen LogP contribution is -2.33. The van der Waals surface area contributed by atoms with Crippen molar-refractivity contribution in [3.05, 3.63) is 53.1 Å². The zero-order valence-electron chi connectivity index (χ0n) is 12.8. The number of ether oxygens (including phenoxy) is 1. The standard InChI is InChI=1S/C16H13F4NO4/c1-25-13-5-3-9(22)7-11(13)15(17,14(23)24)10-4-2-8(6-12(10)21)16(18,19)20/h2-7,22H,21H2,1H3,(H,23,24). The van der Waals surface area contributed by atoms with Crippen molar-refractivity contribution in [2.24, 2.45) is 0 Å². The van der Waals surface area contributed by atoms with Crippen LogP contribution in [0.4, 0.5) is 23.2 Å². The molecule has 2 aromatic rings. The van der Waals surface area contributed by atoms with Gasteiger partial charge in [-0.2, -0.15) is 13.2 Å². The van der Waals surface area contributed by atoms with Crippen LogP contribution < -0.4 is 10.5 Å². The molecular formula is C16H13F4NO4. The van der Waals surface area contributed by atoms with Crippen molar-refractivity contribution in [1.82, 2.24) is 0 Å². The fraction of sp³-hybridized carbons (Fsp3) is 0.188. The second kappa shape index (κ2) is 6.15. The van der Waals surface area contributed by atoms with E-state index >= 15 is 4.39 Å². The van der Waals surface area contributed by atoms with Gasteiger partial charge in [0.1, 0.15) is 11.5 Å². The highest BCUT2D eigenvalue weighted by atomic mass is 19.4. The Labute approximate surface area is 139 Å². The summed E-state index contributed by atoms with van der Waals surface area (Å²) >= 11 is 0. The maximum absolute atomic E-state index is 15.5. The number of phenolic OH excluding ortho intramolecular Hbond substituents is 1. The molecule has 0 fully saturated rings. The van der Waals surface area contributed by atoms with E-state index in [1.165, 1.54) is 0 Å². The van der Waals surface area contributed by atoms with Gasteiger partial charge in [0.05, 0.1) is 18.2 Å². The summed E-state index contributed by atoms with van der Waals surface area (Å²) in [7, 11) is 1.15. The van der Waals surface area contributed by atoms with Gasteiger partial charge in [-0.05, 0) is 30.3 Å². The molecule has 134 valence electrons. The highest BCUT2D eigenvalue weighted by Gasteiger charge is 2.47. The Bertz CT molecular complexity index is 822. The quantitative estimate of drug-likeness (QED) is 0.575. The molecular weight excluding hydrogens is 346 g/mol. The van der Waals surface area contributed by atoms with Crippen LogP contribution in [0.25, 0.3) is 0 Å². The van der Waals surface area contributed by atoms with Crippen molar-refractivity contribution in [2.45, 2.75) is 11.8 Å². The summed E-state index contributed by atoms with van der Waals surface area (Å²) in [6.07, 6.45) is -4.72. The SMILES string of the molecule is COc1ccc(O)cc1C(F)(C(=O)O)c1ccc(C(F)(F)F)cc1N. The number of benzene rings is 2. The van der Waals surface area contributed by atoms with Crippen LogP contribution in [-0.4, -0.2) is 23.3 Å². The van der Waals surface area contributed by atoms with Crippen molar-refractivity contribution in [1.29, 1.82) is 0 Å². The lowest BCUT2D eigenvalue weighted by Gasteiger charge is -2.25. The molecule has 0 saturated carbocycles. The molecule has 2 aromatic carbocycles. The Morgan fingerprint density at radius 2 is 1.72 bits per heavy atom. The molecule has 2 rings (SSSR count). The summed E-state index contributed by atoms with van der Waals surface area (Å²) in [5.74, 6) is -2.70. The summed E-state index contributed by atoms with van der Waals surface area (Å²) in [6, 6.07) is 4.70. The average Bonchev–Trinajstić information content (AvgIpc) is 2.53. The molecule has 0 spiro atoms. The highest BCUT2D eigenvalue weighted by molar-refractivity contribution is 5.87. The molecule has 0 heterocycles. The average molecular weight is 359 g/mol. The number of nitrogens with two attached hydrogens (primary N) is 1. The van der Waals surface area contributed by atoms with Crippen molar-refractivity contribution < 1.29 is 37.3 Å². The minimum absolute atomic E-state index is 0.220. The lowest BCUT2D eigenvalue weighted by molar-refractivity contribution is -0.148. The van der Waals surface area contributed by atoms with Crippen LogP contribution >= 0.6 is 0 Å². The van der Waals surface area contributed by atoms with Gasteiger partial charge in [0.2, 0.25) is 0 Å². The first-order valence-electron chi connectivity index (χ1n) is 6.78. The van der Waals surface area contributed by atoms with Gasteiger partial charge in [0, 0.05) is 11.3 Å². The van der Waals surface area contributed by atoms with E-state index in [4.69, 9.17) is 10.5 Å². The minimum atomic E-state index is -4.72. The van der Waals surface area contributed by atoms with Crippen molar-refractivity contribution in [2.75, 3.05) is 12.8 Å². The van der Waals surface area contributed by atoms with Gasteiger partial charge in [-0.15, -0.1) is 0 Å². The number of methoxy groups -OCH3 is 1. The van der Waals surface area contributed by atoms with E-state index in [2.05, 4.69) is 0 Å². The Morgan fingerprint density at radius 3 is 2.20 bits per heavy atom. The number of hydrogen-bond donors (Lipinski definition) is 3. The monoisotopic (exact) mass is 359 g/mol. The van der Waals surface area contributed by atoms with Crippen molar-refractivity contribution >= 4 is 11.7 Å². The third kappa shape index (κ3) is 3.17. The lowest BCUT2D eigenvalue weighted by atomic mass is 9.85. The highest BCUT2D eigenvalue weighted by Crippen LogP contribution is 2.44. The molecule has 0 aliphatic heterocycles. The van der Waals surface area contributed by atoms with Crippen LogP contribution in [-0.2, 0) is 16.6 Å². The second-order valence-corrected chi connectivity index (χ2v) is 5.15. The van der Waals surface area contributed by atoms with Crippen LogP contribution in [0.1, 0.15) is 16.7 Å². The fourth-order valence-corrected chi connectivity index (χ4v) is 2.39. The topological polar surface area (TPSA) is 92.8 Å². The zero-order chi connectivity index (χ0) is 19.0. The molecule has 0 radical (unpaired) electrons. The summed E-state index contributed by atoms with van der Waals surface area (Å²) in [4.78, 5) is 11.6. The number of hydrogen-bond acceptors (Lipinski definition) is 4. The molecule has 0 aromatic heterocycles. The van der Waals surface area contributed by atoms with Crippen LogP contribution in [0.15, 0.2) is 36.4 Å². The molecule has 0 aliphatic rings. The molecule has 1 atom stereocenters. The normalized spacial score (nSPS) is 14.0. The molecule has 0 aliphatic carbocycles. The predicted molar refractivity (Wildman–Crippen MR) is 80.0 cm³/mol. The van der Waals surface area contributed by atoms with Gasteiger partial charge in [-0.25, -0.2) is 9.18 Å². The van der Waals surface area contributed by atoms with Gasteiger partial charge in [0.15, 0.2) is 0 Å². The number of carbonyl (C=O) groups is 1. The summed E-state index contributed by atoms with van der Waals surface area (Å²) in [5, 5.41) is 19.0. The van der Waals surface area contributed by atoms with E-state index in [1.54, 1.807) is 0 Å². The number of rotatable bonds is 4.